The van der Waals surface area contributed by atoms with Gasteiger partial charge in [-0.05, 0) is 43.5 Å². The topological polar surface area (TPSA) is 39.7 Å². The van der Waals surface area contributed by atoms with Crippen LogP contribution in [0, 0.1) is 0 Å². The van der Waals surface area contributed by atoms with Crippen molar-refractivity contribution in [3.63, 3.8) is 0 Å². The first-order valence-corrected chi connectivity index (χ1v) is 9.14. The van der Waals surface area contributed by atoms with E-state index in [-0.39, 0.29) is 12.2 Å². The van der Waals surface area contributed by atoms with Gasteiger partial charge in [0.15, 0.2) is 0 Å². The molecule has 0 bridgehead atoms. The zero-order chi connectivity index (χ0) is 17.3. The number of para-hydroxylation sites is 3. The molecule has 0 amide bonds. The Balaban J connectivity index is 1.54. The quantitative estimate of drug-likeness (QED) is 0.728. The highest BCUT2D eigenvalue weighted by atomic mass is 16.5. The van der Waals surface area contributed by atoms with Crippen LogP contribution in [0.5, 0.6) is 11.5 Å². The molecule has 2 atom stereocenters. The van der Waals surface area contributed by atoms with E-state index in [1.807, 2.05) is 54.6 Å². The first-order valence-electron chi connectivity index (χ1n) is 9.14. The van der Waals surface area contributed by atoms with E-state index in [2.05, 4.69) is 12.2 Å². The van der Waals surface area contributed by atoms with Crippen LogP contribution in [0.15, 0.2) is 54.6 Å². The Morgan fingerprint density at radius 2 is 1.92 bits per heavy atom. The van der Waals surface area contributed by atoms with Gasteiger partial charge in [0, 0.05) is 6.61 Å². The maximum absolute atomic E-state index is 6.04. The predicted molar refractivity (Wildman–Crippen MR) is 101 cm³/mol. The van der Waals surface area contributed by atoms with Crippen molar-refractivity contribution in [1.82, 2.24) is 0 Å². The lowest BCUT2D eigenvalue weighted by atomic mass is 10.2. The molecule has 4 nitrogen and oxygen atoms in total. The second-order valence-electron chi connectivity index (χ2n) is 6.28. The van der Waals surface area contributed by atoms with Gasteiger partial charge in [-0.25, -0.2) is 0 Å². The Hall–Kier alpha value is -2.20. The van der Waals surface area contributed by atoms with Gasteiger partial charge in [-0.2, -0.15) is 0 Å². The third-order valence-electron chi connectivity index (χ3n) is 4.36. The fraction of sp³-hybridized carbons (Fsp3) is 0.429. The molecule has 4 heteroatoms. The second kappa shape index (κ2) is 9.33. The lowest BCUT2D eigenvalue weighted by molar-refractivity contribution is 0.0682. The van der Waals surface area contributed by atoms with Crippen molar-refractivity contribution in [2.24, 2.45) is 0 Å². The van der Waals surface area contributed by atoms with Gasteiger partial charge >= 0.3 is 0 Å². The van der Waals surface area contributed by atoms with Crippen molar-refractivity contribution in [2.45, 2.75) is 38.4 Å². The van der Waals surface area contributed by atoms with Crippen LogP contribution in [-0.2, 0) is 4.74 Å². The van der Waals surface area contributed by atoms with E-state index in [4.69, 9.17) is 14.2 Å². The summed E-state index contributed by atoms with van der Waals surface area (Å²) < 4.78 is 17.7. The molecule has 2 aromatic carbocycles. The molecule has 2 unspecified atom stereocenters. The number of rotatable bonds is 9. The van der Waals surface area contributed by atoms with Crippen LogP contribution in [0.3, 0.4) is 0 Å². The Kier molecular flexibility index (Phi) is 6.57. The summed E-state index contributed by atoms with van der Waals surface area (Å²) in [5, 5.41) is 3.47. The average molecular weight is 341 g/mol. The van der Waals surface area contributed by atoms with Crippen molar-refractivity contribution in [3.8, 4) is 11.5 Å². The highest BCUT2D eigenvalue weighted by molar-refractivity contribution is 5.56. The van der Waals surface area contributed by atoms with E-state index in [1.54, 1.807) is 0 Å². The Morgan fingerprint density at radius 1 is 1.12 bits per heavy atom. The molecule has 1 saturated heterocycles. The fourth-order valence-corrected chi connectivity index (χ4v) is 2.88. The van der Waals surface area contributed by atoms with Crippen molar-refractivity contribution in [3.05, 3.63) is 54.6 Å². The first kappa shape index (κ1) is 17.6. The van der Waals surface area contributed by atoms with Gasteiger partial charge in [0.25, 0.3) is 0 Å². The number of anilines is 1. The summed E-state index contributed by atoms with van der Waals surface area (Å²) in [6.45, 7) is 4.32. The molecule has 1 aliphatic rings. The largest absolute Gasteiger partial charge is 0.489 e. The summed E-state index contributed by atoms with van der Waals surface area (Å²) >= 11 is 0. The van der Waals surface area contributed by atoms with Crippen molar-refractivity contribution in [2.75, 3.05) is 25.1 Å². The summed E-state index contributed by atoms with van der Waals surface area (Å²) in [6.07, 6.45) is 3.47. The Morgan fingerprint density at radius 3 is 2.68 bits per heavy atom. The van der Waals surface area contributed by atoms with E-state index >= 15 is 0 Å². The van der Waals surface area contributed by atoms with Crippen LogP contribution in [0.1, 0.15) is 26.2 Å². The molecule has 0 aromatic heterocycles. The zero-order valence-electron chi connectivity index (χ0n) is 14.8. The second-order valence-corrected chi connectivity index (χ2v) is 6.28. The van der Waals surface area contributed by atoms with E-state index in [0.29, 0.717) is 6.61 Å². The monoisotopic (exact) mass is 341 g/mol. The Labute approximate surface area is 150 Å². The predicted octanol–water partition coefficient (Wildman–Crippen LogP) is 4.51. The molecule has 1 fully saturated rings. The van der Waals surface area contributed by atoms with Crippen molar-refractivity contribution < 1.29 is 14.2 Å². The van der Waals surface area contributed by atoms with Gasteiger partial charge in [-0.1, -0.05) is 37.3 Å². The summed E-state index contributed by atoms with van der Waals surface area (Å²) in [7, 11) is 0. The van der Waals surface area contributed by atoms with Crippen molar-refractivity contribution >= 4 is 5.69 Å². The van der Waals surface area contributed by atoms with Gasteiger partial charge in [0.1, 0.15) is 24.2 Å². The fourth-order valence-electron chi connectivity index (χ4n) is 2.88. The molecular weight excluding hydrogens is 314 g/mol. The number of nitrogens with one attached hydrogen (secondary N) is 1. The minimum absolute atomic E-state index is 0.105. The van der Waals surface area contributed by atoms with Crippen molar-refractivity contribution in [1.29, 1.82) is 0 Å². The number of hydrogen-bond donors (Lipinski definition) is 1. The molecule has 0 saturated carbocycles. The van der Waals surface area contributed by atoms with Gasteiger partial charge in [0.2, 0.25) is 0 Å². The number of benzene rings is 2. The lowest BCUT2D eigenvalue weighted by Gasteiger charge is -2.20. The number of ether oxygens (including phenoxy) is 3. The molecule has 1 aliphatic heterocycles. The molecule has 1 heterocycles. The van der Waals surface area contributed by atoms with Gasteiger partial charge < -0.3 is 19.5 Å². The van der Waals surface area contributed by atoms with Crippen LogP contribution < -0.4 is 14.8 Å². The molecule has 0 radical (unpaired) electrons. The SMILES string of the molecule is CCC(CNc1ccccc1OCC1CCCO1)Oc1ccccc1. The Bertz CT molecular complexity index is 626. The lowest BCUT2D eigenvalue weighted by Crippen LogP contribution is -2.25. The summed E-state index contributed by atoms with van der Waals surface area (Å²) in [5.41, 5.74) is 0.996. The van der Waals surface area contributed by atoms with Crippen LogP contribution in [-0.4, -0.2) is 32.0 Å². The molecule has 0 aliphatic carbocycles. The number of hydrogen-bond acceptors (Lipinski definition) is 4. The third-order valence-corrected chi connectivity index (χ3v) is 4.36. The third kappa shape index (κ3) is 5.40. The molecule has 134 valence electrons. The van der Waals surface area contributed by atoms with E-state index in [0.717, 1.165) is 49.6 Å². The van der Waals surface area contributed by atoms with Gasteiger partial charge in [-0.15, -0.1) is 0 Å². The molecule has 2 aromatic rings. The standard InChI is InChI=1S/C21H27NO3/c1-2-17(25-18-9-4-3-5-10-18)15-22-20-12-6-7-13-21(20)24-16-19-11-8-14-23-19/h3-7,9-10,12-13,17,19,22H,2,8,11,14-16H2,1H3. The smallest absolute Gasteiger partial charge is 0.142 e. The van der Waals surface area contributed by atoms with Gasteiger partial charge in [-0.3, -0.25) is 0 Å². The molecule has 1 N–H and O–H groups in total. The van der Waals surface area contributed by atoms with E-state index in [1.165, 1.54) is 0 Å². The normalized spacial score (nSPS) is 17.9. The van der Waals surface area contributed by atoms with Gasteiger partial charge in [0.05, 0.1) is 18.3 Å². The first-order chi connectivity index (χ1) is 12.3. The maximum Gasteiger partial charge on any atom is 0.142 e. The summed E-state index contributed by atoms with van der Waals surface area (Å²) in [5.74, 6) is 1.77. The molecule has 3 rings (SSSR count). The van der Waals surface area contributed by atoms with Crippen LogP contribution >= 0.6 is 0 Å². The molecular formula is C21H27NO3. The minimum Gasteiger partial charge on any atom is -0.489 e. The highest BCUT2D eigenvalue weighted by Crippen LogP contribution is 2.25. The van der Waals surface area contributed by atoms with Crippen LogP contribution in [0.25, 0.3) is 0 Å². The summed E-state index contributed by atoms with van der Waals surface area (Å²) in [4.78, 5) is 0. The van der Waals surface area contributed by atoms with Crippen LogP contribution in [0.4, 0.5) is 5.69 Å². The molecule has 25 heavy (non-hydrogen) atoms. The van der Waals surface area contributed by atoms with E-state index < -0.39 is 0 Å². The minimum atomic E-state index is 0.105. The summed E-state index contributed by atoms with van der Waals surface area (Å²) in [6, 6.07) is 18.0. The highest BCUT2D eigenvalue weighted by Gasteiger charge is 2.17. The van der Waals surface area contributed by atoms with E-state index in [9.17, 15) is 0 Å². The molecule has 0 spiro atoms. The zero-order valence-corrected chi connectivity index (χ0v) is 14.8. The van der Waals surface area contributed by atoms with Crippen LogP contribution in [0.2, 0.25) is 0 Å². The average Bonchev–Trinajstić information content (AvgIpc) is 3.18. The maximum atomic E-state index is 6.04.